The molecule has 3 aromatic rings. The first-order valence-corrected chi connectivity index (χ1v) is 8.35. The van der Waals surface area contributed by atoms with Gasteiger partial charge in [0.15, 0.2) is 0 Å². The minimum Gasteiger partial charge on any atom is -0.420 e. The summed E-state index contributed by atoms with van der Waals surface area (Å²) in [5, 5.41) is 9.01. The number of halogens is 1. The predicted octanol–water partition coefficient (Wildman–Crippen LogP) is 4.86. The van der Waals surface area contributed by atoms with E-state index in [1.165, 1.54) is 42.4 Å². The van der Waals surface area contributed by atoms with E-state index in [2.05, 4.69) is 28.4 Å². The lowest BCUT2D eigenvalue weighted by Crippen LogP contribution is -2.03. The first-order valence-electron chi connectivity index (χ1n) is 7.97. The van der Waals surface area contributed by atoms with Gasteiger partial charge >= 0.3 is 0 Å². The van der Waals surface area contributed by atoms with Crippen molar-refractivity contribution in [2.45, 2.75) is 32.1 Å². The van der Waals surface area contributed by atoms with Crippen molar-refractivity contribution in [1.82, 2.24) is 10.2 Å². The molecule has 4 heteroatoms. The van der Waals surface area contributed by atoms with Crippen molar-refractivity contribution in [3.63, 3.8) is 0 Å². The highest BCUT2D eigenvalue weighted by atomic mass is 35.5. The van der Waals surface area contributed by atoms with Gasteiger partial charge in [-0.25, -0.2) is 0 Å². The second-order valence-corrected chi connectivity index (χ2v) is 6.43. The third kappa shape index (κ3) is 3.15. The van der Waals surface area contributed by atoms with Crippen LogP contribution in [0.2, 0.25) is 5.02 Å². The molecule has 1 aromatic heterocycles. The Hall–Kier alpha value is -2.13. The zero-order valence-electron chi connectivity index (χ0n) is 12.8. The highest BCUT2D eigenvalue weighted by Crippen LogP contribution is 2.24. The molecule has 1 heterocycles. The van der Waals surface area contributed by atoms with Gasteiger partial charge in [-0.05, 0) is 66.6 Å². The fourth-order valence-electron chi connectivity index (χ4n) is 3.11. The summed E-state index contributed by atoms with van der Waals surface area (Å²) >= 11 is 5.90. The smallest absolute Gasteiger partial charge is 0.247 e. The van der Waals surface area contributed by atoms with Gasteiger partial charge in [0.05, 0.1) is 6.42 Å². The highest BCUT2D eigenvalue weighted by Gasteiger charge is 2.12. The zero-order chi connectivity index (χ0) is 15.6. The Morgan fingerprint density at radius 2 is 1.70 bits per heavy atom. The Kier molecular flexibility index (Phi) is 3.88. The third-order valence-corrected chi connectivity index (χ3v) is 4.58. The molecule has 0 atom stereocenters. The number of nitrogens with zero attached hydrogens (tertiary/aromatic N) is 2. The molecule has 1 aliphatic rings. The maximum absolute atomic E-state index is 5.90. The molecule has 0 radical (unpaired) electrons. The molecule has 0 spiro atoms. The molecule has 23 heavy (non-hydrogen) atoms. The second-order valence-electron chi connectivity index (χ2n) is 5.99. The van der Waals surface area contributed by atoms with Crippen molar-refractivity contribution in [3.8, 4) is 11.5 Å². The summed E-state index contributed by atoms with van der Waals surface area (Å²) in [7, 11) is 0. The lowest BCUT2D eigenvalue weighted by molar-refractivity contribution is 0.518. The monoisotopic (exact) mass is 324 g/mol. The topological polar surface area (TPSA) is 38.9 Å². The summed E-state index contributed by atoms with van der Waals surface area (Å²) < 4.78 is 5.79. The van der Waals surface area contributed by atoms with Crippen LogP contribution in [0.1, 0.15) is 35.4 Å². The van der Waals surface area contributed by atoms with E-state index in [1.807, 2.05) is 24.3 Å². The first-order chi connectivity index (χ1) is 11.3. The fourth-order valence-corrected chi connectivity index (χ4v) is 3.23. The maximum atomic E-state index is 5.90. The van der Waals surface area contributed by atoms with Crippen molar-refractivity contribution in [2.24, 2.45) is 0 Å². The Morgan fingerprint density at radius 3 is 2.52 bits per heavy atom. The molecule has 2 aromatic carbocycles. The van der Waals surface area contributed by atoms with Crippen LogP contribution in [0.5, 0.6) is 0 Å². The summed E-state index contributed by atoms with van der Waals surface area (Å²) in [4.78, 5) is 0. The minimum absolute atomic E-state index is 0.537. The predicted molar refractivity (Wildman–Crippen MR) is 90.6 cm³/mol. The molecule has 0 aliphatic heterocycles. The summed E-state index contributed by atoms with van der Waals surface area (Å²) in [5.41, 5.74) is 5.09. The Labute approximate surface area is 140 Å². The molecule has 116 valence electrons. The zero-order valence-corrected chi connectivity index (χ0v) is 13.5. The Balaban J connectivity index is 1.54. The van der Waals surface area contributed by atoms with E-state index in [-0.39, 0.29) is 0 Å². The van der Waals surface area contributed by atoms with Gasteiger partial charge < -0.3 is 4.42 Å². The van der Waals surface area contributed by atoms with Crippen LogP contribution >= 0.6 is 11.6 Å². The molecule has 0 fully saturated rings. The number of hydrogen-bond donors (Lipinski definition) is 0. The quantitative estimate of drug-likeness (QED) is 0.690. The Bertz CT molecular complexity index is 824. The molecule has 0 unspecified atom stereocenters. The molecule has 3 nitrogen and oxygen atoms in total. The average Bonchev–Trinajstić information content (AvgIpc) is 3.04. The molecule has 0 saturated carbocycles. The first kappa shape index (κ1) is 14.5. The summed E-state index contributed by atoms with van der Waals surface area (Å²) in [5.74, 6) is 1.18. The van der Waals surface area contributed by atoms with Gasteiger partial charge in [-0.3, -0.25) is 0 Å². The standard InChI is InChI=1S/C19H17ClN2O/c20-17-9-7-15(8-10-17)19-22-21-18(23-19)12-13-5-6-14-3-1-2-4-16(14)11-13/h5-11H,1-4,12H2. The van der Waals surface area contributed by atoms with Gasteiger partial charge in [-0.2, -0.15) is 0 Å². The SMILES string of the molecule is Clc1ccc(-c2nnc(Cc3ccc4c(c3)CCCC4)o2)cc1. The number of fused-ring (bicyclic) bond motifs is 1. The Morgan fingerprint density at radius 1 is 0.913 bits per heavy atom. The summed E-state index contributed by atoms with van der Waals surface area (Å²) in [6, 6.07) is 14.1. The van der Waals surface area contributed by atoms with E-state index >= 15 is 0 Å². The minimum atomic E-state index is 0.537. The van der Waals surface area contributed by atoms with Crippen LogP contribution in [0.15, 0.2) is 46.9 Å². The van der Waals surface area contributed by atoms with Gasteiger partial charge in [0, 0.05) is 10.6 Å². The third-order valence-electron chi connectivity index (χ3n) is 4.33. The van der Waals surface area contributed by atoms with Gasteiger partial charge in [0.1, 0.15) is 0 Å². The number of rotatable bonds is 3. The van der Waals surface area contributed by atoms with Gasteiger partial charge in [-0.1, -0.05) is 29.8 Å². The number of benzene rings is 2. The molecule has 0 amide bonds. The summed E-state index contributed by atoms with van der Waals surface area (Å²) in [6.45, 7) is 0. The van der Waals surface area contributed by atoms with Gasteiger partial charge in [-0.15, -0.1) is 10.2 Å². The van der Waals surface area contributed by atoms with E-state index in [0.717, 1.165) is 5.56 Å². The van der Waals surface area contributed by atoms with Gasteiger partial charge in [0.2, 0.25) is 11.8 Å². The lowest BCUT2D eigenvalue weighted by Gasteiger charge is -2.16. The van der Waals surface area contributed by atoms with Crippen LogP contribution in [-0.2, 0) is 19.3 Å². The van der Waals surface area contributed by atoms with Crippen molar-refractivity contribution >= 4 is 11.6 Å². The number of hydrogen-bond acceptors (Lipinski definition) is 3. The lowest BCUT2D eigenvalue weighted by atomic mass is 9.90. The van der Waals surface area contributed by atoms with E-state index < -0.39 is 0 Å². The molecule has 4 rings (SSSR count). The molecule has 0 N–H and O–H groups in total. The average molecular weight is 325 g/mol. The van der Waals surface area contributed by atoms with Crippen LogP contribution in [0.3, 0.4) is 0 Å². The van der Waals surface area contributed by atoms with E-state index in [4.69, 9.17) is 16.0 Å². The van der Waals surface area contributed by atoms with Crippen LogP contribution in [0, 0.1) is 0 Å². The van der Waals surface area contributed by atoms with E-state index in [1.54, 1.807) is 0 Å². The molecular formula is C19H17ClN2O. The normalized spacial score (nSPS) is 13.8. The summed E-state index contributed by atoms with van der Waals surface area (Å²) in [6.07, 6.45) is 5.66. The number of aryl methyl sites for hydroxylation is 2. The largest absolute Gasteiger partial charge is 0.420 e. The molecule has 0 bridgehead atoms. The van der Waals surface area contributed by atoms with Crippen molar-refractivity contribution in [1.29, 1.82) is 0 Å². The molecule has 1 aliphatic carbocycles. The maximum Gasteiger partial charge on any atom is 0.247 e. The van der Waals surface area contributed by atoms with E-state index in [9.17, 15) is 0 Å². The number of aromatic nitrogens is 2. The van der Waals surface area contributed by atoms with Crippen LogP contribution in [-0.4, -0.2) is 10.2 Å². The molecular weight excluding hydrogens is 308 g/mol. The van der Waals surface area contributed by atoms with Crippen LogP contribution in [0.25, 0.3) is 11.5 Å². The molecule has 0 saturated heterocycles. The van der Waals surface area contributed by atoms with Crippen LogP contribution in [0.4, 0.5) is 0 Å². The van der Waals surface area contributed by atoms with Crippen molar-refractivity contribution in [2.75, 3.05) is 0 Å². The van der Waals surface area contributed by atoms with Gasteiger partial charge in [0.25, 0.3) is 0 Å². The van der Waals surface area contributed by atoms with Crippen molar-refractivity contribution in [3.05, 3.63) is 70.1 Å². The highest BCUT2D eigenvalue weighted by molar-refractivity contribution is 6.30. The fraction of sp³-hybridized carbons (Fsp3) is 0.263. The van der Waals surface area contributed by atoms with Crippen molar-refractivity contribution < 1.29 is 4.42 Å². The van der Waals surface area contributed by atoms with Crippen LogP contribution < -0.4 is 0 Å². The second kappa shape index (κ2) is 6.17. The van der Waals surface area contributed by atoms with E-state index in [0.29, 0.717) is 23.2 Å².